The summed E-state index contributed by atoms with van der Waals surface area (Å²) in [5.74, 6) is -1.67. The third kappa shape index (κ3) is 10.7. The molecule has 0 spiro atoms. The first-order valence-electron chi connectivity index (χ1n) is 5.56. The van der Waals surface area contributed by atoms with Crippen LogP contribution >= 0.6 is 0 Å². The highest BCUT2D eigenvalue weighted by Crippen LogP contribution is 2.04. The van der Waals surface area contributed by atoms with Crippen molar-refractivity contribution in [2.45, 2.75) is 40.5 Å². The highest BCUT2D eigenvalue weighted by Gasteiger charge is 2.06. The van der Waals surface area contributed by atoms with Crippen LogP contribution in [0.25, 0.3) is 0 Å². The van der Waals surface area contributed by atoms with Gasteiger partial charge in [-0.2, -0.15) is 0 Å². The minimum atomic E-state index is -0.903. The molecule has 0 aliphatic heterocycles. The molecule has 0 bridgehead atoms. The number of unbranched alkanes of at least 4 members (excludes halogenated alkanes) is 1. The predicted molar refractivity (Wildman–Crippen MR) is 67.9 cm³/mol. The Morgan fingerprint density at radius 2 is 1.71 bits per heavy atom. The molecule has 0 radical (unpaired) electrons. The Morgan fingerprint density at radius 1 is 1.24 bits per heavy atom. The van der Waals surface area contributed by atoms with Gasteiger partial charge in [0.05, 0.1) is 0 Å². The number of rotatable bonds is 5. The van der Waals surface area contributed by atoms with E-state index in [0.29, 0.717) is 5.57 Å². The molecule has 17 heavy (non-hydrogen) atoms. The lowest BCUT2D eigenvalue weighted by atomic mass is 10.1. The standard InChI is InChI=1S/C7H12O2.C6H10O2/c1-3-4-5-6(2)7(8)9;1-4(2)5(3)6(7)8/h5H,3-4H2,1-2H3,(H,8,9);4H,3H2,1-2H3,(H,7,8). The zero-order valence-corrected chi connectivity index (χ0v) is 11.0. The first kappa shape index (κ1) is 17.8. The summed E-state index contributed by atoms with van der Waals surface area (Å²) in [5.41, 5.74) is 0.710. The second-order valence-electron chi connectivity index (χ2n) is 3.97. The average Bonchev–Trinajstić information content (AvgIpc) is 2.25. The van der Waals surface area contributed by atoms with Crippen LogP contribution in [0.15, 0.2) is 23.8 Å². The van der Waals surface area contributed by atoms with Crippen LogP contribution < -0.4 is 0 Å². The van der Waals surface area contributed by atoms with Crippen LogP contribution in [-0.4, -0.2) is 22.2 Å². The molecule has 0 rings (SSSR count). The molecule has 0 unspecified atom stereocenters. The largest absolute Gasteiger partial charge is 0.478 e. The summed E-state index contributed by atoms with van der Waals surface area (Å²) in [6.07, 6.45) is 3.60. The molecule has 0 atom stereocenters. The smallest absolute Gasteiger partial charge is 0.331 e. The maximum atomic E-state index is 10.1. The molecular weight excluding hydrogens is 220 g/mol. The lowest BCUT2D eigenvalue weighted by Crippen LogP contribution is -2.04. The summed E-state index contributed by atoms with van der Waals surface area (Å²) >= 11 is 0. The summed E-state index contributed by atoms with van der Waals surface area (Å²) in [6.45, 7) is 10.6. The average molecular weight is 242 g/mol. The van der Waals surface area contributed by atoms with E-state index < -0.39 is 11.9 Å². The number of carboxylic acid groups (broad SMARTS) is 2. The Bertz CT molecular complexity index is 301. The van der Waals surface area contributed by atoms with Gasteiger partial charge in [-0.25, -0.2) is 9.59 Å². The first-order valence-corrected chi connectivity index (χ1v) is 5.56. The maximum Gasteiger partial charge on any atom is 0.331 e. The van der Waals surface area contributed by atoms with E-state index in [2.05, 4.69) is 6.58 Å². The summed E-state index contributed by atoms with van der Waals surface area (Å²) < 4.78 is 0. The number of hydrogen-bond donors (Lipinski definition) is 2. The minimum absolute atomic E-state index is 0.0486. The van der Waals surface area contributed by atoms with Gasteiger partial charge in [-0.15, -0.1) is 0 Å². The number of carbonyl (C=O) groups is 2. The monoisotopic (exact) mass is 242 g/mol. The normalized spacial score (nSPS) is 10.5. The van der Waals surface area contributed by atoms with Crippen LogP contribution in [0.5, 0.6) is 0 Å². The van der Waals surface area contributed by atoms with E-state index in [1.165, 1.54) is 0 Å². The SMILES string of the molecule is C=C(C(=O)O)C(C)C.CCCC=C(C)C(=O)O. The molecular formula is C13H22O4. The van der Waals surface area contributed by atoms with Crippen molar-refractivity contribution in [3.05, 3.63) is 23.8 Å². The zero-order chi connectivity index (χ0) is 14.0. The fourth-order valence-corrected chi connectivity index (χ4v) is 0.695. The third-order valence-corrected chi connectivity index (χ3v) is 2.05. The summed E-state index contributed by atoms with van der Waals surface area (Å²) in [7, 11) is 0. The lowest BCUT2D eigenvalue weighted by Gasteiger charge is -2.00. The second-order valence-corrected chi connectivity index (χ2v) is 3.97. The van der Waals surface area contributed by atoms with Crippen molar-refractivity contribution in [1.82, 2.24) is 0 Å². The fourth-order valence-electron chi connectivity index (χ4n) is 0.695. The van der Waals surface area contributed by atoms with Gasteiger partial charge in [-0.1, -0.05) is 39.8 Å². The van der Waals surface area contributed by atoms with Crippen LogP contribution in [0.2, 0.25) is 0 Å². The van der Waals surface area contributed by atoms with Crippen molar-refractivity contribution < 1.29 is 19.8 Å². The summed E-state index contributed by atoms with van der Waals surface area (Å²) in [6, 6.07) is 0. The number of allylic oxidation sites excluding steroid dienone is 1. The van der Waals surface area contributed by atoms with Crippen molar-refractivity contribution in [2.24, 2.45) is 5.92 Å². The fraction of sp³-hybridized carbons (Fsp3) is 0.538. The van der Waals surface area contributed by atoms with Gasteiger partial charge in [-0.3, -0.25) is 0 Å². The van der Waals surface area contributed by atoms with E-state index in [-0.39, 0.29) is 11.5 Å². The maximum absolute atomic E-state index is 10.1. The van der Waals surface area contributed by atoms with E-state index in [1.807, 2.05) is 6.92 Å². The molecule has 0 amide bonds. The lowest BCUT2D eigenvalue weighted by molar-refractivity contribution is -0.133. The molecule has 4 heteroatoms. The van der Waals surface area contributed by atoms with Gasteiger partial charge in [0.15, 0.2) is 0 Å². The minimum Gasteiger partial charge on any atom is -0.478 e. The van der Waals surface area contributed by atoms with Gasteiger partial charge >= 0.3 is 11.9 Å². The van der Waals surface area contributed by atoms with Crippen molar-refractivity contribution in [2.75, 3.05) is 0 Å². The number of aliphatic carboxylic acids is 2. The second kappa shape index (κ2) is 9.63. The van der Waals surface area contributed by atoms with Gasteiger partial charge in [-0.05, 0) is 19.3 Å². The Balaban J connectivity index is 0. The molecule has 0 saturated heterocycles. The molecule has 0 aliphatic rings. The van der Waals surface area contributed by atoms with E-state index >= 15 is 0 Å². The molecule has 0 saturated carbocycles. The summed E-state index contributed by atoms with van der Waals surface area (Å²) in [5, 5.41) is 16.6. The van der Waals surface area contributed by atoms with E-state index in [1.54, 1.807) is 26.8 Å². The van der Waals surface area contributed by atoms with Crippen LogP contribution in [-0.2, 0) is 9.59 Å². The predicted octanol–water partition coefficient (Wildman–Crippen LogP) is 3.10. The Labute approximate surface area is 103 Å². The van der Waals surface area contributed by atoms with Gasteiger partial charge in [0.1, 0.15) is 0 Å². The number of hydrogen-bond acceptors (Lipinski definition) is 2. The molecule has 0 heterocycles. The first-order chi connectivity index (χ1) is 7.73. The van der Waals surface area contributed by atoms with Gasteiger partial charge in [0.2, 0.25) is 0 Å². The molecule has 4 nitrogen and oxygen atoms in total. The van der Waals surface area contributed by atoms with E-state index in [0.717, 1.165) is 12.8 Å². The van der Waals surface area contributed by atoms with Crippen LogP contribution in [0.1, 0.15) is 40.5 Å². The topological polar surface area (TPSA) is 74.6 Å². The molecule has 2 N–H and O–H groups in total. The van der Waals surface area contributed by atoms with Crippen LogP contribution in [0.3, 0.4) is 0 Å². The van der Waals surface area contributed by atoms with Gasteiger partial charge in [0, 0.05) is 11.1 Å². The van der Waals surface area contributed by atoms with E-state index in [4.69, 9.17) is 10.2 Å². The zero-order valence-electron chi connectivity index (χ0n) is 11.0. The van der Waals surface area contributed by atoms with Crippen molar-refractivity contribution in [3.8, 4) is 0 Å². The Hall–Kier alpha value is -1.58. The quantitative estimate of drug-likeness (QED) is 0.726. The number of carboxylic acids is 2. The third-order valence-electron chi connectivity index (χ3n) is 2.05. The molecule has 0 fully saturated rings. The molecule has 98 valence electrons. The molecule has 0 aromatic heterocycles. The summed E-state index contributed by atoms with van der Waals surface area (Å²) in [4.78, 5) is 20.2. The van der Waals surface area contributed by atoms with Crippen molar-refractivity contribution in [1.29, 1.82) is 0 Å². The molecule has 0 aromatic carbocycles. The van der Waals surface area contributed by atoms with Gasteiger partial charge in [0.25, 0.3) is 0 Å². The Kier molecular flexibility index (Phi) is 10.1. The highest BCUT2D eigenvalue weighted by molar-refractivity contribution is 5.86. The molecule has 0 aliphatic carbocycles. The highest BCUT2D eigenvalue weighted by atomic mass is 16.4. The van der Waals surface area contributed by atoms with Gasteiger partial charge < -0.3 is 10.2 Å². The van der Waals surface area contributed by atoms with E-state index in [9.17, 15) is 9.59 Å². The van der Waals surface area contributed by atoms with Crippen LogP contribution in [0, 0.1) is 5.92 Å². The van der Waals surface area contributed by atoms with Crippen molar-refractivity contribution in [3.63, 3.8) is 0 Å². The van der Waals surface area contributed by atoms with Crippen molar-refractivity contribution >= 4 is 11.9 Å². The molecule has 0 aromatic rings. The Morgan fingerprint density at radius 3 is 1.88 bits per heavy atom. The van der Waals surface area contributed by atoms with Crippen LogP contribution in [0.4, 0.5) is 0 Å².